The molecule has 180 valence electrons. The van der Waals surface area contributed by atoms with Crippen LogP contribution in [-0.4, -0.2) is 31.9 Å². The normalized spacial score (nSPS) is 12.5. The summed E-state index contributed by atoms with van der Waals surface area (Å²) in [5, 5.41) is 13.8. The quantitative estimate of drug-likeness (QED) is 0.285. The van der Waals surface area contributed by atoms with Crippen LogP contribution in [-0.2, 0) is 19.5 Å². The maximum Gasteiger partial charge on any atom is 0.119 e. The minimum atomic E-state index is -0.583. The van der Waals surface area contributed by atoms with Gasteiger partial charge in [-0.2, -0.15) is 0 Å². The smallest absolute Gasteiger partial charge is 0.119 e. The highest BCUT2D eigenvalue weighted by molar-refractivity contribution is 6.07. The topological polar surface area (TPSA) is 52.2 Å². The summed E-state index contributed by atoms with van der Waals surface area (Å²) in [5.41, 5.74) is 5.43. The largest absolute Gasteiger partial charge is 0.494 e. The Morgan fingerprint density at radius 3 is 1.97 bits per heavy atom. The summed E-state index contributed by atoms with van der Waals surface area (Å²) in [4.78, 5) is 4.93. The molecule has 2 heterocycles. The number of para-hydroxylation sites is 4. The van der Waals surface area contributed by atoms with Gasteiger partial charge in [-0.15, -0.1) is 0 Å². The van der Waals surface area contributed by atoms with E-state index in [0.29, 0.717) is 26.1 Å². The molecule has 0 saturated carbocycles. The van der Waals surface area contributed by atoms with Gasteiger partial charge in [-0.05, 0) is 48.9 Å². The van der Waals surface area contributed by atoms with Crippen LogP contribution in [0.1, 0.15) is 18.3 Å². The first-order chi connectivity index (χ1) is 17.7. The predicted molar refractivity (Wildman–Crippen MR) is 146 cm³/mol. The third kappa shape index (κ3) is 4.12. The van der Waals surface area contributed by atoms with Crippen molar-refractivity contribution in [3.8, 4) is 5.75 Å². The van der Waals surface area contributed by atoms with E-state index >= 15 is 0 Å². The maximum absolute atomic E-state index is 11.4. The summed E-state index contributed by atoms with van der Waals surface area (Å²) in [6, 6.07) is 33.2. The van der Waals surface area contributed by atoms with Gasteiger partial charge in [0.05, 0.1) is 36.8 Å². The first-order valence-electron chi connectivity index (χ1n) is 12.5. The Kier molecular flexibility index (Phi) is 5.91. The minimum absolute atomic E-state index is 0.466. The first-order valence-corrected chi connectivity index (χ1v) is 12.5. The minimum Gasteiger partial charge on any atom is -0.494 e. The van der Waals surface area contributed by atoms with E-state index in [-0.39, 0.29) is 0 Å². The summed E-state index contributed by atoms with van der Waals surface area (Å²) in [6.45, 7) is 3.61. The van der Waals surface area contributed by atoms with Gasteiger partial charge in [-0.3, -0.25) is 0 Å². The lowest BCUT2D eigenvalue weighted by Gasteiger charge is -2.17. The van der Waals surface area contributed by atoms with Crippen molar-refractivity contribution in [2.45, 2.75) is 32.5 Å². The van der Waals surface area contributed by atoms with Crippen molar-refractivity contribution in [3.05, 3.63) is 108 Å². The molecule has 5 nitrogen and oxygen atoms in total. The molecule has 0 fully saturated rings. The molecule has 6 rings (SSSR count). The molecule has 6 aromatic rings. The van der Waals surface area contributed by atoms with Crippen LogP contribution in [0.4, 0.5) is 0 Å². The number of ether oxygens (including phenoxy) is 1. The van der Waals surface area contributed by atoms with Crippen LogP contribution in [0.2, 0.25) is 0 Å². The first kappa shape index (κ1) is 22.4. The molecule has 5 heteroatoms. The summed E-state index contributed by atoms with van der Waals surface area (Å²) in [6.07, 6.45) is 0.101. The molecule has 2 aromatic heterocycles. The van der Waals surface area contributed by atoms with Crippen molar-refractivity contribution in [1.29, 1.82) is 0 Å². The molecule has 0 saturated heterocycles. The molecule has 0 spiro atoms. The van der Waals surface area contributed by atoms with Gasteiger partial charge in [0.25, 0.3) is 0 Å². The molecule has 0 unspecified atom stereocenters. The van der Waals surface area contributed by atoms with Gasteiger partial charge < -0.3 is 19.0 Å². The molecule has 0 aliphatic carbocycles. The monoisotopic (exact) mass is 475 g/mol. The molecular formula is C31H29N3O2. The number of aliphatic hydroxyl groups is 1. The van der Waals surface area contributed by atoms with Crippen LogP contribution in [0, 0.1) is 0 Å². The highest BCUT2D eigenvalue weighted by atomic mass is 16.5. The van der Waals surface area contributed by atoms with Crippen molar-refractivity contribution in [3.63, 3.8) is 0 Å². The maximum atomic E-state index is 11.4. The second-order valence-electron chi connectivity index (χ2n) is 9.18. The Labute approximate surface area is 210 Å². The van der Waals surface area contributed by atoms with E-state index in [0.717, 1.165) is 39.2 Å². The lowest BCUT2D eigenvalue weighted by molar-refractivity contribution is 0.137. The molecule has 0 bridgehead atoms. The lowest BCUT2D eigenvalue weighted by Crippen LogP contribution is -2.23. The van der Waals surface area contributed by atoms with Crippen LogP contribution >= 0.6 is 0 Å². The SMILES string of the molecule is CCOc1ccc(Cc2nc3ccccc3n2C[C@H](O)Cn2c3ccccc3c3ccccc32)cc1. The van der Waals surface area contributed by atoms with Crippen molar-refractivity contribution >= 4 is 32.8 Å². The highest BCUT2D eigenvalue weighted by Crippen LogP contribution is 2.29. The summed E-state index contributed by atoms with van der Waals surface area (Å²) >= 11 is 0. The zero-order valence-electron chi connectivity index (χ0n) is 20.3. The van der Waals surface area contributed by atoms with E-state index in [4.69, 9.17) is 9.72 Å². The fraction of sp³-hybridized carbons (Fsp3) is 0.194. The van der Waals surface area contributed by atoms with E-state index < -0.39 is 6.10 Å². The lowest BCUT2D eigenvalue weighted by atomic mass is 10.1. The van der Waals surface area contributed by atoms with Gasteiger partial charge in [-0.25, -0.2) is 4.98 Å². The Morgan fingerprint density at radius 1 is 0.722 bits per heavy atom. The van der Waals surface area contributed by atoms with Crippen LogP contribution in [0.25, 0.3) is 32.8 Å². The van der Waals surface area contributed by atoms with Crippen LogP contribution in [0.3, 0.4) is 0 Å². The van der Waals surface area contributed by atoms with Gasteiger partial charge in [0, 0.05) is 28.2 Å². The molecule has 0 aliphatic heterocycles. The number of aromatic nitrogens is 3. The van der Waals surface area contributed by atoms with Gasteiger partial charge in [0.2, 0.25) is 0 Å². The molecule has 36 heavy (non-hydrogen) atoms. The number of hydrogen-bond donors (Lipinski definition) is 1. The van der Waals surface area contributed by atoms with Crippen molar-refractivity contribution < 1.29 is 9.84 Å². The zero-order chi connectivity index (χ0) is 24.5. The van der Waals surface area contributed by atoms with E-state index in [1.807, 2.05) is 37.3 Å². The van der Waals surface area contributed by atoms with Crippen molar-refractivity contribution in [1.82, 2.24) is 14.1 Å². The Hall–Kier alpha value is -4.09. The van der Waals surface area contributed by atoms with E-state index in [9.17, 15) is 5.11 Å². The molecule has 1 atom stereocenters. The highest BCUT2D eigenvalue weighted by Gasteiger charge is 2.17. The third-order valence-electron chi connectivity index (χ3n) is 6.80. The number of benzene rings is 4. The van der Waals surface area contributed by atoms with Gasteiger partial charge in [-0.1, -0.05) is 60.7 Å². The average Bonchev–Trinajstić information content (AvgIpc) is 3.41. The number of rotatable bonds is 8. The molecule has 0 amide bonds. The molecule has 0 aliphatic rings. The van der Waals surface area contributed by atoms with Crippen molar-refractivity contribution in [2.75, 3.05) is 6.61 Å². The number of aliphatic hydroxyl groups excluding tert-OH is 1. The van der Waals surface area contributed by atoms with Crippen molar-refractivity contribution in [2.24, 2.45) is 0 Å². The Morgan fingerprint density at radius 2 is 1.31 bits per heavy atom. The second-order valence-corrected chi connectivity index (χ2v) is 9.18. The zero-order valence-corrected chi connectivity index (χ0v) is 20.3. The summed E-state index contributed by atoms with van der Waals surface area (Å²) in [7, 11) is 0. The third-order valence-corrected chi connectivity index (χ3v) is 6.80. The van der Waals surface area contributed by atoms with E-state index in [1.54, 1.807) is 0 Å². The number of fused-ring (bicyclic) bond motifs is 4. The second kappa shape index (κ2) is 9.51. The fourth-order valence-electron chi connectivity index (χ4n) is 5.20. The van der Waals surface area contributed by atoms with Crippen LogP contribution in [0.15, 0.2) is 97.1 Å². The summed E-state index contributed by atoms with van der Waals surface area (Å²) < 4.78 is 10.00. The average molecular weight is 476 g/mol. The molecule has 0 radical (unpaired) electrons. The van der Waals surface area contributed by atoms with Gasteiger partial charge in [0.1, 0.15) is 11.6 Å². The predicted octanol–water partition coefficient (Wildman–Crippen LogP) is 6.19. The number of nitrogens with zero attached hydrogens (tertiary/aromatic N) is 3. The van der Waals surface area contributed by atoms with Gasteiger partial charge >= 0.3 is 0 Å². The molecule has 4 aromatic carbocycles. The van der Waals surface area contributed by atoms with E-state index in [1.165, 1.54) is 10.8 Å². The number of hydrogen-bond acceptors (Lipinski definition) is 3. The Balaban J connectivity index is 1.32. The Bertz CT molecular complexity index is 1590. The molecule has 1 N–H and O–H groups in total. The van der Waals surface area contributed by atoms with Crippen LogP contribution < -0.4 is 4.74 Å². The standard InChI is InChI=1S/C31H29N3O2/c1-2-36-24-17-15-22(16-18-24)19-31-32-27-11-5-8-14-30(27)34(31)21-23(35)20-33-28-12-6-3-9-25(28)26-10-4-7-13-29(26)33/h3-18,23,35H,2,19-21H2,1H3/t23-/m1/s1. The van der Waals surface area contributed by atoms with E-state index in [2.05, 4.69) is 75.9 Å². The fourth-order valence-corrected chi connectivity index (χ4v) is 5.20. The number of imidazole rings is 1. The van der Waals surface area contributed by atoms with Crippen LogP contribution in [0.5, 0.6) is 5.75 Å². The summed E-state index contributed by atoms with van der Waals surface area (Å²) in [5.74, 6) is 1.82. The van der Waals surface area contributed by atoms with Gasteiger partial charge in [0.15, 0.2) is 0 Å². The molecular weight excluding hydrogens is 446 g/mol.